The van der Waals surface area contributed by atoms with Crippen molar-refractivity contribution in [2.75, 3.05) is 11.5 Å². The number of benzene rings is 1. The zero-order valence-corrected chi connectivity index (χ0v) is 9.57. The summed E-state index contributed by atoms with van der Waals surface area (Å²) in [5.74, 6) is 0.151. The first kappa shape index (κ1) is 12.3. The van der Waals surface area contributed by atoms with Crippen LogP contribution in [-0.2, 0) is 6.18 Å². The van der Waals surface area contributed by atoms with Gasteiger partial charge in [0.2, 0.25) is 5.91 Å². The Balaban J connectivity index is 2.58. The third-order valence-corrected chi connectivity index (χ3v) is 4.00. The number of carbonyl (C=O) groups is 1. The van der Waals surface area contributed by atoms with E-state index >= 15 is 0 Å². The van der Waals surface area contributed by atoms with Crippen LogP contribution in [0, 0.1) is 0 Å². The number of amides is 1. The van der Waals surface area contributed by atoms with E-state index in [2.05, 4.69) is 0 Å². The molecule has 1 amide bonds. The van der Waals surface area contributed by atoms with Crippen molar-refractivity contribution < 1.29 is 18.0 Å². The number of nitrogens with two attached hydrogens (primary N) is 1. The van der Waals surface area contributed by atoms with Gasteiger partial charge in [-0.05, 0) is 11.6 Å². The van der Waals surface area contributed by atoms with Crippen molar-refractivity contribution in [3.05, 3.63) is 34.9 Å². The van der Waals surface area contributed by atoms with Crippen molar-refractivity contribution in [1.82, 2.24) is 0 Å². The molecule has 1 aliphatic heterocycles. The molecule has 0 atom stereocenters. The molecule has 2 N–H and O–H groups in total. The van der Waals surface area contributed by atoms with Crippen LogP contribution in [-0.4, -0.2) is 17.4 Å². The van der Waals surface area contributed by atoms with Crippen molar-refractivity contribution >= 4 is 17.7 Å². The Labute approximate surface area is 100 Å². The van der Waals surface area contributed by atoms with Gasteiger partial charge in [0.1, 0.15) is 0 Å². The minimum Gasteiger partial charge on any atom is -0.366 e. The number of halogens is 3. The zero-order chi connectivity index (χ0) is 12.6. The molecule has 2 nitrogen and oxygen atoms in total. The molecule has 17 heavy (non-hydrogen) atoms. The minimum absolute atomic E-state index is 0.129. The number of thioether (sulfide) groups is 1. The Bertz CT molecular complexity index is 455. The highest BCUT2D eigenvalue weighted by Crippen LogP contribution is 2.42. The number of hydrogen-bond donors (Lipinski definition) is 1. The maximum atomic E-state index is 13.0. The van der Waals surface area contributed by atoms with E-state index in [1.807, 2.05) is 0 Å². The van der Waals surface area contributed by atoms with Crippen molar-refractivity contribution in [2.45, 2.75) is 12.1 Å². The van der Waals surface area contributed by atoms with Crippen molar-refractivity contribution in [3.63, 3.8) is 0 Å². The molecule has 6 heteroatoms. The molecule has 92 valence electrons. The fourth-order valence-electron chi connectivity index (χ4n) is 1.85. The van der Waals surface area contributed by atoms with Gasteiger partial charge in [0.25, 0.3) is 0 Å². The highest BCUT2D eigenvalue weighted by molar-refractivity contribution is 8.00. The van der Waals surface area contributed by atoms with E-state index < -0.39 is 23.2 Å². The van der Waals surface area contributed by atoms with Crippen molar-refractivity contribution in [1.29, 1.82) is 0 Å². The van der Waals surface area contributed by atoms with Gasteiger partial charge in [-0.3, -0.25) is 4.79 Å². The minimum atomic E-state index is -4.54. The molecule has 0 aromatic heterocycles. The highest BCUT2D eigenvalue weighted by atomic mass is 32.2. The molecular weight excluding hydrogens is 251 g/mol. The van der Waals surface area contributed by atoms with E-state index in [9.17, 15) is 18.0 Å². The lowest BCUT2D eigenvalue weighted by molar-refractivity contribution is -0.138. The van der Waals surface area contributed by atoms with Gasteiger partial charge in [0.15, 0.2) is 0 Å². The predicted molar refractivity (Wildman–Crippen MR) is 60.0 cm³/mol. The molecule has 2 rings (SSSR count). The Hall–Kier alpha value is -1.17. The van der Waals surface area contributed by atoms with Crippen LogP contribution in [0.25, 0.3) is 0 Å². The summed E-state index contributed by atoms with van der Waals surface area (Å²) >= 11 is 1.59. The molecule has 1 fully saturated rings. The highest BCUT2D eigenvalue weighted by Gasteiger charge is 2.40. The van der Waals surface area contributed by atoms with E-state index in [1.165, 1.54) is 12.1 Å². The molecule has 0 saturated carbocycles. The Morgan fingerprint density at radius 1 is 1.35 bits per heavy atom. The summed E-state index contributed by atoms with van der Waals surface area (Å²) < 4.78 is 38.9. The van der Waals surface area contributed by atoms with Crippen LogP contribution in [0.15, 0.2) is 18.2 Å². The monoisotopic (exact) mass is 261 g/mol. The fourth-order valence-corrected chi connectivity index (χ4v) is 2.68. The number of alkyl halides is 3. The molecule has 1 aliphatic rings. The van der Waals surface area contributed by atoms with Gasteiger partial charge in [-0.1, -0.05) is 12.1 Å². The van der Waals surface area contributed by atoms with E-state index in [0.717, 1.165) is 6.07 Å². The van der Waals surface area contributed by atoms with Crippen LogP contribution in [0.2, 0.25) is 0 Å². The van der Waals surface area contributed by atoms with E-state index in [4.69, 9.17) is 5.73 Å². The second kappa shape index (κ2) is 4.25. The first-order valence-electron chi connectivity index (χ1n) is 4.99. The summed E-state index contributed by atoms with van der Waals surface area (Å²) in [4.78, 5) is 11.1. The average Bonchev–Trinajstić information content (AvgIpc) is 2.12. The molecule has 1 aromatic carbocycles. The number of rotatable bonds is 2. The molecule has 0 spiro atoms. The summed E-state index contributed by atoms with van der Waals surface area (Å²) in [5, 5.41) is 0. The van der Waals surface area contributed by atoms with Crippen LogP contribution in [0.1, 0.15) is 27.4 Å². The SMILES string of the molecule is NC(=O)c1cccc(C2CSC2)c1C(F)(F)F. The molecule has 1 saturated heterocycles. The summed E-state index contributed by atoms with van der Waals surface area (Å²) in [7, 11) is 0. The largest absolute Gasteiger partial charge is 0.417 e. The van der Waals surface area contributed by atoms with Crippen LogP contribution in [0.5, 0.6) is 0 Å². The first-order chi connectivity index (χ1) is 7.91. The molecule has 0 unspecified atom stereocenters. The van der Waals surface area contributed by atoms with Gasteiger partial charge in [-0.15, -0.1) is 0 Å². The molecule has 1 aromatic rings. The molecule has 0 radical (unpaired) electrons. The Kier molecular flexibility index (Phi) is 3.07. The molecule has 0 aliphatic carbocycles. The maximum absolute atomic E-state index is 13.0. The van der Waals surface area contributed by atoms with Gasteiger partial charge in [0, 0.05) is 17.4 Å². The Morgan fingerprint density at radius 3 is 2.41 bits per heavy atom. The maximum Gasteiger partial charge on any atom is 0.417 e. The van der Waals surface area contributed by atoms with Crippen LogP contribution >= 0.6 is 11.8 Å². The van der Waals surface area contributed by atoms with Crippen LogP contribution in [0.3, 0.4) is 0 Å². The zero-order valence-electron chi connectivity index (χ0n) is 8.75. The lowest BCUT2D eigenvalue weighted by Crippen LogP contribution is -2.25. The van der Waals surface area contributed by atoms with Crippen molar-refractivity contribution in [2.24, 2.45) is 5.73 Å². The third-order valence-electron chi connectivity index (χ3n) is 2.72. The quantitative estimate of drug-likeness (QED) is 0.889. The van der Waals surface area contributed by atoms with E-state index in [-0.39, 0.29) is 11.5 Å². The van der Waals surface area contributed by atoms with Gasteiger partial charge in [-0.2, -0.15) is 24.9 Å². The summed E-state index contributed by atoms with van der Waals surface area (Å²) in [5.41, 5.74) is 3.88. The average molecular weight is 261 g/mol. The normalized spacial score (nSPS) is 16.6. The van der Waals surface area contributed by atoms with Gasteiger partial charge >= 0.3 is 6.18 Å². The molecule has 0 bridgehead atoms. The van der Waals surface area contributed by atoms with Crippen molar-refractivity contribution in [3.8, 4) is 0 Å². The first-order valence-corrected chi connectivity index (χ1v) is 6.14. The smallest absolute Gasteiger partial charge is 0.366 e. The van der Waals surface area contributed by atoms with Crippen LogP contribution < -0.4 is 5.73 Å². The second-order valence-electron chi connectivity index (χ2n) is 3.87. The number of hydrogen-bond acceptors (Lipinski definition) is 2. The van der Waals surface area contributed by atoms with Gasteiger partial charge in [0.05, 0.1) is 11.1 Å². The molecule has 1 heterocycles. The lowest BCUT2D eigenvalue weighted by atomic mass is 9.92. The Morgan fingerprint density at radius 2 is 2.00 bits per heavy atom. The topological polar surface area (TPSA) is 43.1 Å². The standard InChI is InChI=1S/C11H10F3NOS/c12-11(13,14)9-7(6-4-17-5-6)2-1-3-8(9)10(15)16/h1-3,6H,4-5H2,(H2,15,16). The predicted octanol–water partition coefficient (Wildman–Crippen LogP) is 2.63. The van der Waals surface area contributed by atoms with Crippen LogP contribution in [0.4, 0.5) is 13.2 Å². The van der Waals surface area contributed by atoms with E-state index in [0.29, 0.717) is 11.5 Å². The third kappa shape index (κ3) is 2.26. The summed E-state index contributed by atoms with van der Waals surface area (Å²) in [6, 6.07) is 4.01. The van der Waals surface area contributed by atoms with E-state index in [1.54, 1.807) is 11.8 Å². The number of carbonyl (C=O) groups excluding carboxylic acids is 1. The second-order valence-corrected chi connectivity index (χ2v) is 4.94. The van der Waals surface area contributed by atoms with Gasteiger partial charge in [-0.25, -0.2) is 0 Å². The summed E-state index contributed by atoms with van der Waals surface area (Å²) in [6.07, 6.45) is -4.54. The lowest BCUT2D eigenvalue weighted by Gasteiger charge is -2.28. The fraction of sp³-hybridized carbons (Fsp3) is 0.364. The molecular formula is C11H10F3NOS. The van der Waals surface area contributed by atoms with Gasteiger partial charge < -0.3 is 5.73 Å². The summed E-state index contributed by atoms with van der Waals surface area (Å²) in [6.45, 7) is 0. The number of primary amides is 1.